The number of carboxylic acids is 1. The van der Waals surface area contributed by atoms with Crippen molar-refractivity contribution in [2.75, 3.05) is 13.2 Å². The van der Waals surface area contributed by atoms with Gasteiger partial charge in [-0.3, -0.25) is 10.1 Å². The Morgan fingerprint density at radius 1 is 1.07 bits per heavy atom. The molecule has 1 N–H and O–H groups in total. The van der Waals surface area contributed by atoms with Gasteiger partial charge in [0.2, 0.25) is 0 Å². The monoisotopic (exact) mass is 387 g/mol. The van der Waals surface area contributed by atoms with Crippen molar-refractivity contribution in [3.63, 3.8) is 0 Å². The number of non-ortho nitro benzene ring substituents is 1. The predicted octanol–water partition coefficient (Wildman–Crippen LogP) is 4.03. The number of hydrogen-bond acceptors (Lipinski definition) is 5. The van der Waals surface area contributed by atoms with E-state index in [9.17, 15) is 14.9 Å². The minimum atomic E-state index is -0.963. The van der Waals surface area contributed by atoms with Crippen LogP contribution in [0.4, 0.5) is 5.69 Å². The maximum atomic E-state index is 11.1. The van der Waals surface area contributed by atoms with Gasteiger partial charge in [-0.05, 0) is 49.4 Å². The molecule has 0 spiro atoms. The van der Waals surface area contributed by atoms with E-state index in [0.717, 1.165) is 36.1 Å². The van der Waals surface area contributed by atoms with Gasteiger partial charge in [0.15, 0.2) is 6.10 Å². The molecule has 0 bridgehead atoms. The lowest BCUT2D eigenvalue weighted by molar-refractivity contribution is -0.384. The molecule has 0 unspecified atom stereocenters. The number of nitrogens with zero attached hydrogens (tertiary/aromatic N) is 1. The number of nitro groups is 1. The number of aliphatic carboxylic acids is 1. The molecule has 7 heteroatoms. The predicted molar refractivity (Wildman–Crippen MR) is 105 cm³/mol. The van der Waals surface area contributed by atoms with E-state index in [0.29, 0.717) is 19.6 Å². The van der Waals surface area contributed by atoms with Gasteiger partial charge in [0.05, 0.1) is 11.5 Å². The Labute approximate surface area is 164 Å². The van der Waals surface area contributed by atoms with Gasteiger partial charge in [-0.25, -0.2) is 4.79 Å². The number of benzene rings is 2. The van der Waals surface area contributed by atoms with Crippen LogP contribution < -0.4 is 4.74 Å². The highest BCUT2D eigenvalue weighted by molar-refractivity contribution is 5.72. The Hall–Kier alpha value is -2.93. The first kappa shape index (κ1) is 21.4. The molecule has 0 saturated heterocycles. The van der Waals surface area contributed by atoms with Crippen molar-refractivity contribution in [3.8, 4) is 5.75 Å². The molecule has 1 atom stereocenters. The zero-order chi connectivity index (χ0) is 20.4. The number of unbranched alkanes of at least 4 members (excludes halogenated alkanes) is 1. The topological polar surface area (TPSA) is 98.9 Å². The summed E-state index contributed by atoms with van der Waals surface area (Å²) in [4.78, 5) is 21.4. The van der Waals surface area contributed by atoms with E-state index in [1.807, 2.05) is 24.3 Å². The maximum absolute atomic E-state index is 11.1. The Bertz CT molecular complexity index is 757. The van der Waals surface area contributed by atoms with Crippen molar-refractivity contribution < 1.29 is 24.3 Å². The molecule has 0 aliphatic rings. The van der Waals surface area contributed by atoms with Crippen LogP contribution in [0.2, 0.25) is 0 Å². The van der Waals surface area contributed by atoms with Gasteiger partial charge >= 0.3 is 5.97 Å². The summed E-state index contributed by atoms with van der Waals surface area (Å²) in [5.41, 5.74) is 2.05. The van der Waals surface area contributed by atoms with Crippen molar-refractivity contribution in [2.45, 2.75) is 38.7 Å². The molecule has 0 amide bonds. The second-order valence-corrected chi connectivity index (χ2v) is 6.36. The SMILES string of the molecule is CCO[C@@H](Cc1ccc(OCCCCc2ccc([N+](=O)[O-])cc2)cc1)C(=O)O. The Kier molecular flexibility index (Phi) is 8.42. The van der Waals surface area contributed by atoms with Crippen LogP contribution in [0.3, 0.4) is 0 Å². The number of hydrogen-bond donors (Lipinski definition) is 1. The molecule has 0 fully saturated rings. The third-order valence-corrected chi connectivity index (χ3v) is 4.26. The Morgan fingerprint density at radius 2 is 1.71 bits per heavy atom. The van der Waals surface area contributed by atoms with E-state index >= 15 is 0 Å². The first-order valence-electron chi connectivity index (χ1n) is 9.29. The van der Waals surface area contributed by atoms with Crippen molar-refractivity contribution in [1.29, 1.82) is 0 Å². The van der Waals surface area contributed by atoms with Crippen LogP contribution in [-0.2, 0) is 22.4 Å². The second kappa shape index (κ2) is 11.0. The van der Waals surface area contributed by atoms with Gasteiger partial charge in [0.25, 0.3) is 5.69 Å². The molecule has 2 aromatic rings. The lowest BCUT2D eigenvalue weighted by Crippen LogP contribution is -2.26. The van der Waals surface area contributed by atoms with Crippen LogP contribution in [0.1, 0.15) is 30.9 Å². The Balaban J connectivity index is 1.70. The number of ether oxygens (including phenoxy) is 2. The quantitative estimate of drug-likeness (QED) is 0.335. The summed E-state index contributed by atoms with van der Waals surface area (Å²) in [7, 11) is 0. The van der Waals surface area contributed by atoms with Crippen LogP contribution in [0.15, 0.2) is 48.5 Å². The first-order chi connectivity index (χ1) is 13.5. The number of rotatable bonds is 12. The average molecular weight is 387 g/mol. The molecule has 2 aromatic carbocycles. The number of nitro benzene ring substituents is 1. The van der Waals surface area contributed by atoms with E-state index in [2.05, 4.69) is 0 Å². The molecule has 0 aliphatic heterocycles. The number of aryl methyl sites for hydroxylation is 1. The van der Waals surface area contributed by atoms with Crippen molar-refractivity contribution in [1.82, 2.24) is 0 Å². The molecule has 28 heavy (non-hydrogen) atoms. The average Bonchev–Trinajstić information content (AvgIpc) is 2.69. The van der Waals surface area contributed by atoms with Crippen LogP contribution in [0.5, 0.6) is 5.75 Å². The van der Waals surface area contributed by atoms with E-state index in [-0.39, 0.29) is 5.69 Å². The van der Waals surface area contributed by atoms with E-state index in [1.54, 1.807) is 19.1 Å². The van der Waals surface area contributed by atoms with Gasteiger partial charge in [-0.15, -0.1) is 0 Å². The second-order valence-electron chi connectivity index (χ2n) is 6.36. The normalized spacial score (nSPS) is 11.8. The largest absolute Gasteiger partial charge is 0.494 e. The standard InChI is InChI=1S/C21H25NO6/c1-2-27-20(21(23)24)15-17-8-12-19(13-9-17)28-14-4-3-5-16-6-10-18(11-7-16)22(25)26/h6-13,20H,2-5,14-15H2,1H3,(H,23,24)/t20-/m0/s1. The van der Waals surface area contributed by atoms with Crippen LogP contribution in [-0.4, -0.2) is 35.3 Å². The third kappa shape index (κ3) is 7.00. The fourth-order valence-corrected chi connectivity index (χ4v) is 2.76. The van der Waals surface area contributed by atoms with Gasteiger partial charge in [0, 0.05) is 25.2 Å². The van der Waals surface area contributed by atoms with Gasteiger partial charge in [-0.2, -0.15) is 0 Å². The lowest BCUT2D eigenvalue weighted by atomic mass is 10.1. The van der Waals surface area contributed by atoms with Gasteiger partial charge in [-0.1, -0.05) is 24.3 Å². The molecule has 0 radical (unpaired) electrons. The molecule has 0 aromatic heterocycles. The van der Waals surface area contributed by atoms with Crippen LogP contribution in [0, 0.1) is 10.1 Å². The zero-order valence-electron chi connectivity index (χ0n) is 15.9. The summed E-state index contributed by atoms with van der Waals surface area (Å²) in [6.07, 6.45) is 2.11. The van der Waals surface area contributed by atoms with Gasteiger partial charge in [0.1, 0.15) is 5.75 Å². The third-order valence-electron chi connectivity index (χ3n) is 4.26. The molecular weight excluding hydrogens is 362 g/mol. The van der Waals surface area contributed by atoms with Crippen molar-refractivity contribution >= 4 is 11.7 Å². The highest BCUT2D eigenvalue weighted by Crippen LogP contribution is 2.16. The minimum Gasteiger partial charge on any atom is -0.494 e. The smallest absolute Gasteiger partial charge is 0.333 e. The molecule has 7 nitrogen and oxygen atoms in total. The molecule has 150 valence electrons. The molecule has 0 saturated carbocycles. The summed E-state index contributed by atoms with van der Waals surface area (Å²) in [5.74, 6) is -0.224. The van der Waals surface area contributed by atoms with E-state index in [1.165, 1.54) is 12.1 Å². The summed E-state index contributed by atoms with van der Waals surface area (Å²) in [6, 6.07) is 14.0. The maximum Gasteiger partial charge on any atom is 0.333 e. The molecular formula is C21H25NO6. The van der Waals surface area contributed by atoms with Crippen LogP contribution in [0.25, 0.3) is 0 Å². The first-order valence-corrected chi connectivity index (χ1v) is 9.29. The summed E-state index contributed by atoms with van der Waals surface area (Å²) >= 11 is 0. The lowest BCUT2D eigenvalue weighted by Gasteiger charge is -2.13. The molecule has 0 heterocycles. The van der Waals surface area contributed by atoms with E-state index in [4.69, 9.17) is 14.6 Å². The number of carboxylic acid groups (broad SMARTS) is 1. The Morgan fingerprint density at radius 3 is 2.29 bits per heavy atom. The highest BCUT2D eigenvalue weighted by atomic mass is 16.6. The minimum absolute atomic E-state index is 0.103. The summed E-state index contributed by atoms with van der Waals surface area (Å²) in [6.45, 7) is 2.70. The van der Waals surface area contributed by atoms with Crippen LogP contribution >= 0.6 is 0 Å². The highest BCUT2D eigenvalue weighted by Gasteiger charge is 2.17. The van der Waals surface area contributed by atoms with Crippen molar-refractivity contribution in [2.24, 2.45) is 0 Å². The van der Waals surface area contributed by atoms with E-state index < -0.39 is 17.0 Å². The number of carbonyl (C=O) groups is 1. The fourth-order valence-electron chi connectivity index (χ4n) is 2.76. The zero-order valence-corrected chi connectivity index (χ0v) is 15.9. The summed E-state index contributed by atoms with van der Waals surface area (Å²) < 4.78 is 10.9. The fraction of sp³-hybridized carbons (Fsp3) is 0.381. The summed E-state index contributed by atoms with van der Waals surface area (Å²) in [5, 5.41) is 19.8. The van der Waals surface area contributed by atoms with Gasteiger partial charge < -0.3 is 14.6 Å². The molecule has 2 rings (SSSR count). The molecule has 0 aliphatic carbocycles. The van der Waals surface area contributed by atoms with Crippen molar-refractivity contribution in [3.05, 3.63) is 69.8 Å².